The predicted octanol–water partition coefficient (Wildman–Crippen LogP) is 1.16. The van der Waals surface area contributed by atoms with Gasteiger partial charge in [0.2, 0.25) is 5.91 Å². The van der Waals surface area contributed by atoms with E-state index in [0.717, 1.165) is 25.3 Å². The van der Waals surface area contributed by atoms with Crippen LogP contribution in [-0.2, 0) is 11.8 Å². The average molecular weight is 262 g/mol. The minimum absolute atomic E-state index is 0.190. The maximum Gasteiger partial charge on any atom is 0.235 e. The third-order valence-corrected chi connectivity index (χ3v) is 4.81. The molecule has 2 fully saturated rings. The fourth-order valence-electron chi connectivity index (χ4n) is 3.69. The van der Waals surface area contributed by atoms with E-state index in [9.17, 15) is 4.79 Å². The lowest BCUT2D eigenvalue weighted by molar-refractivity contribution is -0.130. The second-order valence-corrected chi connectivity index (χ2v) is 5.94. The van der Waals surface area contributed by atoms with Crippen molar-refractivity contribution in [2.24, 2.45) is 18.4 Å². The summed E-state index contributed by atoms with van der Waals surface area (Å²) >= 11 is 0. The van der Waals surface area contributed by atoms with Gasteiger partial charge in [0.15, 0.2) is 5.82 Å². The van der Waals surface area contributed by atoms with Crippen molar-refractivity contribution in [3.8, 4) is 0 Å². The van der Waals surface area contributed by atoms with Crippen LogP contribution in [0.25, 0.3) is 0 Å². The molecule has 0 spiro atoms. The number of amides is 1. The molecule has 1 N–H and O–H groups in total. The van der Waals surface area contributed by atoms with E-state index < -0.39 is 0 Å². The Labute approximate surface area is 114 Å². The molecule has 2 aliphatic rings. The Morgan fingerprint density at radius 3 is 3.16 bits per heavy atom. The highest BCUT2D eigenvalue weighted by atomic mass is 16.2. The summed E-state index contributed by atoms with van der Waals surface area (Å²) in [6.07, 6.45) is 6.49. The van der Waals surface area contributed by atoms with Crippen molar-refractivity contribution < 1.29 is 4.79 Å². The lowest BCUT2D eigenvalue weighted by Gasteiger charge is -2.39. The van der Waals surface area contributed by atoms with Gasteiger partial charge in [-0.25, -0.2) is 0 Å². The van der Waals surface area contributed by atoms with Gasteiger partial charge in [-0.05, 0) is 25.3 Å². The molecule has 1 saturated carbocycles. The quantitative estimate of drug-likeness (QED) is 0.870. The van der Waals surface area contributed by atoms with Gasteiger partial charge in [0, 0.05) is 32.9 Å². The number of aromatic nitrogens is 2. The summed E-state index contributed by atoms with van der Waals surface area (Å²) in [5.41, 5.74) is -0.190. The first-order valence-corrected chi connectivity index (χ1v) is 7.12. The molecular weight excluding hydrogens is 240 g/mol. The van der Waals surface area contributed by atoms with E-state index in [-0.39, 0.29) is 11.3 Å². The van der Waals surface area contributed by atoms with E-state index in [4.69, 9.17) is 0 Å². The summed E-state index contributed by atoms with van der Waals surface area (Å²) < 4.78 is 1.74. The third kappa shape index (κ3) is 1.96. The molecule has 5 heteroatoms. The summed E-state index contributed by atoms with van der Waals surface area (Å²) in [4.78, 5) is 14.7. The zero-order valence-corrected chi connectivity index (χ0v) is 11.7. The van der Waals surface area contributed by atoms with Crippen molar-refractivity contribution in [1.82, 2.24) is 15.1 Å². The highest BCUT2D eigenvalue weighted by Crippen LogP contribution is 2.45. The maximum absolute atomic E-state index is 12.9. The fraction of sp³-hybridized carbons (Fsp3) is 0.714. The Morgan fingerprint density at radius 1 is 1.58 bits per heavy atom. The predicted molar refractivity (Wildman–Crippen MR) is 73.9 cm³/mol. The molecule has 5 nitrogen and oxygen atoms in total. The van der Waals surface area contributed by atoms with Crippen LogP contribution in [0, 0.1) is 11.3 Å². The lowest BCUT2D eigenvalue weighted by atomic mass is 9.67. The van der Waals surface area contributed by atoms with Crippen molar-refractivity contribution in [1.29, 1.82) is 0 Å². The van der Waals surface area contributed by atoms with Crippen molar-refractivity contribution in [3.63, 3.8) is 0 Å². The molecule has 1 aliphatic carbocycles. The monoisotopic (exact) mass is 262 g/mol. The molecule has 1 amide bonds. The van der Waals surface area contributed by atoms with Crippen LogP contribution < -0.4 is 10.2 Å². The van der Waals surface area contributed by atoms with Crippen LogP contribution in [0.2, 0.25) is 0 Å². The SMILES string of the molecule is CN(C(=O)[C@@]12CCCC[C@H]1CNC2)c1ccn(C)n1. The molecule has 1 aliphatic heterocycles. The number of carbonyl (C=O) groups excluding carboxylic acids is 1. The van der Waals surface area contributed by atoms with Crippen LogP contribution >= 0.6 is 0 Å². The van der Waals surface area contributed by atoms with E-state index in [0.29, 0.717) is 5.92 Å². The number of nitrogens with one attached hydrogen (secondary N) is 1. The number of hydrogen-bond donors (Lipinski definition) is 1. The van der Waals surface area contributed by atoms with Crippen molar-refractivity contribution in [3.05, 3.63) is 12.3 Å². The zero-order chi connectivity index (χ0) is 13.5. The van der Waals surface area contributed by atoms with Crippen LogP contribution in [0.15, 0.2) is 12.3 Å². The summed E-state index contributed by atoms with van der Waals surface area (Å²) in [6.45, 7) is 1.81. The number of aryl methyl sites for hydroxylation is 1. The smallest absolute Gasteiger partial charge is 0.235 e. The number of carbonyl (C=O) groups is 1. The van der Waals surface area contributed by atoms with E-state index in [1.807, 2.05) is 26.4 Å². The van der Waals surface area contributed by atoms with Gasteiger partial charge < -0.3 is 5.32 Å². The van der Waals surface area contributed by atoms with Crippen molar-refractivity contribution in [2.45, 2.75) is 25.7 Å². The molecule has 0 radical (unpaired) electrons. The molecule has 19 heavy (non-hydrogen) atoms. The van der Waals surface area contributed by atoms with Crippen LogP contribution in [0.4, 0.5) is 5.82 Å². The first-order chi connectivity index (χ1) is 9.13. The first kappa shape index (κ1) is 12.7. The van der Waals surface area contributed by atoms with Gasteiger partial charge in [-0.2, -0.15) is 5.10 Å². The van der Waals surface area contributed by atoms with Crippen LogP contribution in [0.1, 0.15) is 25.7 Å². The minimum atomic E-state index is -0.190. The van der Waals surface area contributed by atoms with E-state index in [1.165, 1.54) is 19.3 Å². The summed E-state index contributed by atoms with van der Waals surface area (Å²) in [6, 6.07) is 1.90. The van der Waals surface area contributed by atoms with Crippen molar-refractivity contribution in [2.75, 3.05) is 25.0 Å². The standard InChI is InChI=1S/C14H22N4O/c1-17-8-6-12(16-17)18(2)13(19)14-7-4-3-5-11(14)9-15-10-14/h6,8,11,15H,3-5,7,9-10H2,1-2H3/t11-,14+/m0/s1. The molecule has 1 saturated heterocycles. The summed E-state index contributed by atoms with van der Waals surface area (Å²) in [5, 5.41) is 7.76. The molecule has 104 valence electrons. The van der Waals surface area contributed by atoms with Gasteiger partial charge in [-0.15, -0.1) is 0 Å². The zero-order valence-electron chi connectivity index (χ0n) is 11.7. The summed E-state index contributed by atoms with van der Waals surface area (Å²) in [7, 11) is 3.73. The van der Waals surface area contributed by atoms with Crippen LogP contribution in [0.5, 0.6) is 0 Å². The maximum atomic E-state index is 12.9. The Kier molecular flexibility index (Phi) is 3.09. The highest BCUT2D eigenvalue weighted by molar-refractivity contribution is 5.97. The summed E-state index contributed by atoms with van der Waals surface area (Å²) in [5.74, 6) is 1.49. The Bertz CT molecular complexity index is 484. The molecule has 1 aromatic rings. The van der Waals surface area contributed by atoms with Gasteiger partial charge in [0.25, 0.3) is 0 Å². The average Bonchev–Trinajstić information content (AvgIpc) is 3.03. The fourth-order valence-corrected chi connectivity index (χ4v) is 3.69. The van der Waals surface area contributed by atoms with E-state index in [2.05, 4.69) is 10.4 Å². The largest absolute Gasteiger partial charge is 0.315 e. The number of anilines is 1. The topological polar surface area (TPSA) is 50.2 Å². The molecule has 0 bridgehead atoms. The number of nitrogens with zero attached hydrogens (tertiary/aromatic N) is 3. The second kappa shape index (κ2) is 4.63. The minimum Gasteiger partial charge on any atom is -0.315 e. The number of hydrogen-bond acceptors (Lipinski definition) is 3. The molecule has 0 unspecified atom stereocenters. The molecule has 2 heterocycles. The second-order valence-electron chi connectivity index (χ2n) is 5.94. The molecule has 1 aromatic heterocycles. The molecule has 2 atom stereocenters. The number of rotatable bonds is 2. The van der Waals surface area contributed by atoms with Crippen molar-refractivity contribution >= 4 is 11.7 Å². The van der Waals surface area contributed by atoms with Gasteiger partial charge >= 0.3 is 0 Å². The van der Waals surface area contributed by atoms with Crippen LogP contribution in [0.3, 0.4) is 0 Å². The van der Waals surface area contributed by atoms with E-state index in [1.54, 1.807) is 9.58 Å². The third-order valence-electron chi connectivity index (χ3n) is 4.81. The van der Waals surface area contributed by atoms with E-state index >= 15 is 0 Å². The lowest BCUT2D eigenvalue weighted by Crippen LogP contribution is -2.48. The van der Waals surface area contributed by atoms with Gasteiger partial charge in [-0.1, -0.05) is 12.8 Å². The Morgan fingerprint density at radius 2 is 2.42 bits per heavy atom. The molecular formula is C14H22N4O. The van der Waals surface area contributed by atoms with Gasteiger partial charge in [0.05, 0.1) is 5.41 Å². The number of fused-ring (bicyclic) bond motifs is 1. The Hall–Kier alpha value is -1.36. The Balaban J connectivity index is 1.86. The molecule has 0 aromatic carbocycles. The first-order valence-electron chi connectivity index (χ1n) is 7.12. The normalized spacial score (nSPS) is 30.1. The van der Waals surface area contributed by atoms with Crippen LogP contribution in [-0.4, -0.2) is 35.8 Å². The molecule has 3 rings (SSSR count). The highest BCUT2D eigenvalue weighted by Gasteiger charge is 2.51. The van der Waals surface area contributed by atoms with Gasteiger partial charge in [-0.3, -0.25) is 14.4 Å². The van der Waals surface area contributed by atoms with Gasteiger partial charge in [0.1, 0.15) is 0 Å².